The number of sulfone groups is 1. The zero-order chi connectivity index (χ0) is 22.9. The van der Waals surface area contributed by atoms with E-state index in [1.165, 1.54) is 0 Å². The van der Waals surface area contributed by atoms with E-state index in [1.807, 2.05) is 22.7 Å². The molecule has 32 heavy (non-hydrogen) atoms. The molecule has 6 heteroatoms. The number of hydrogen-bond acceptors (Lipinski definition) is 4. The summed E-state index contributed by atoms with van der Waals surface area (Å²) in [7, 11) is -3.60. The van der Waals surface area contributed by atoms with Gasteiger partial charge in [-0.15, -0.1) is 0 Å². The van der Waals surface area contributed by atoms with Crippen LogP contribution in [0.15, 0.2) is 89.0 Å². The number of fused-ring (bicyclic) bond motifs is 1. The minimum absolute atomic E-state index is 0.0382. The molecule has 0 aliphatic carbocycles. The van der Waals surface area contributed by atoms with Crippen molar-refractivity contribution < 1.29 is 13.2 Å². The SMILES string of the molecule is CC(C)(C)c1cccc(S(=O)(=O)c2ccc(CCC(=O)c3ccc4nccn4c3)cc2)c1. The highest BCUT2D eigenvalue weighted by molar-refractivity contribution is 7.91. The Morgan fingerprint density at radius 1 is 0.969 bits per heavy atom. The Morgan fingerprint density at radius 2 is 1.72 bits per heavy atom. The van der Waals surface area contributed by atoms with Crippen LogP contribution in [0.3, 0.4) is 0 Å². The first-order valence-electron chi connectivity index (χ1n) is 10.6. The quantitative estimate of drug-likeness (QED) is 0.378. The van der Waals surface area contributed by atoms with Crippen LogP contribution in [0.5, 0.6) is 0 Å². The highest BCUT2D eigenvalue weighted by Gasteiger charge is 2.21. The third-order valence-electron chi connectivity index (χ3n) is 5.60. The molecule has 0 radical (unpaired) electrons. The van der Waals surface area contributed by atoms with E-state index in [4.69, 9.17) is 0 Å². The first-order chi connectivity index (χ1) is 15.1. The van der Waals surface area contributed by atoms with E-state index >= 15 is 0 Å². The fraction of sp³-hybridized carbons (Fsp3) is 0.231. The van der Waals surface area contributed by atoms with Gasteiger partial charge in [-0.1, -0.05) is 45.0 Å². The molecule has 0 fully saturated rings. The first-order valence-corrected chi connectivity index (χ1v) is 12.0. The van der Waals surface area contributed by atoms with Crippen molar-refractivity contribution >= 4 is 21.3 Å². The second-order valence-electron chi connectivity index (χ2n) is 8.96. The fourth-order valence-electron chi connectivity index (χ4n) is 3.59. The Kier molecular flexibility index (Phi) is 5.73. The average Bonchev–Trinajstić information content (AvgIpc) is 3.25. The van der Waals surface area contributed by atoms with Gasteiger partial charge in [0.2, 0.25) is 9.84 Å². The number of carbonyl (C=O) groups is 1. The van der Waals surface area contributed by atoms with Gasteiger partial charge < -0.3 is 4.40 Å². The molecule has 2 heterocycles. The van der Waals surface area contributed by atoms with Crippen LogP contribution in [0.4, 0.5) is 0 Å². The van der Waals surface area contributed by atoms with Gasteiger partial charge in [0.05, 0.1) is 9.79 Å². The van der Waals surface area contributed by atoms with Crippen molar-refractivity contribution in [2.45, 2.75) is 48.8 Å². The minimum Gasteiger partial charge on any atom is -0.306 e. The van der Waals surface area contributed by atoms with Gasteiger partial charge in [0.15, 0.2) is 5.78 Å². The topological polar surface area (TPSA) is 68.5 Å². The summed E-state index contributed by atoms with van der Waals surface area (Å²) in [5.41, 5.74) is 3.19. The largest absolute Gasteiger partial charge is 0.306 e. The van der Waals surface area contributed by atoms with E-state index in [0.29, 0.717) is 23.3 Å². The van der Waals surface area contributed by atoms with Crippen LogP contribution in [-0.4, -0.2) is 23.6 Å². The zero-order valence-corrected chi connectivity index (χ0v) is 19.3. The van der Waals surface area contributed by atoms with Crippen LogP contribution < -0.4 is 0 Å². The number of nitrogens with zero attached hydrogens (tertiary/aromatic N) is 2. The lowest BCUT2D eigenvalue weighted by Gasteiger charge is -2.19. The number of benzene rings is 2. The lowest BCUT2D eigenvalue weighted by atomic mass is 9.87. The van der Waals surface area contributed by atoms with Crippen molar-refractivity contribution in [1.29, 1.82) is 0 Å². The molecule has 0 unspecified atom stereocenters. The second-order valence-corrected chi connectivity index (χ2v) is 10.9. The van der Waals surface area contributed by atoms with E-state index < -0.39 is 9.84 Å². The molecule has 0 bridgehead atoms. The van der Waals surface area contributed by atoms with E-state index in [-0.39, 0.29) is 16.1 Å². The van der Waals surface area contributed by atoms with Gasteiger partial charge in [0.1, 0.15) is 5.65 Å². The number of hydrogen-bond donors (Lipinski definition) is 0. The standard InChI is InChI=1S/C26H26N2O3S/c1-26(2,3)21-5-4-6-23(17-21)32(30,31)22-11-7-19(8-12-22)9-13-24(29)20-10-14-25-27-15-16-28(25)18-20/h4-8,10-12,14-18H,9,13H2,1-3H3. The van der Waals surface area contributed by atoms with Crippen molar-refractivity contribution in [2.75, 3.05) is 0 Å². The molecule has 5 nitrogen and oxygen atoms in total. The molecule has 0 N–H and O–H groups in total. The molecule has 0 spiro atoms. The van der Waals surface area contributed by atoms with Gasteiger partial charge in [-0.3, -0.25) is 4.79 Å². The number of ketones is 1. The number of carbonyl (C=O) groups excluding carboxylic acids is 1. The van der Waals surface area contributed by atoms with Crippen LogP contribution in [0.25, 0.3) is 5.65 Å². The Labute approximate surface area is 188 Å². The van der Waals surface area contributed by atoms with Crippen LogP contribution in [0.2, 0.25) is 0 Å². The molecule has 0 saturated carbocycles. The molecule has 0 aliphatic rings. The first kappa shape index (κ1) is 22.0. The monoisotopic (exact) mass is 446 g/mol. The molecule has 4 rings (SSSR count). The van der Waals surface area contributed by atoms with Crippen LogP contribution in [-0.2, 0) is 21.7 Å². The number of Topliss-reactive ketones (excluding diaryl/α,β-unsaturated/α-hetero) is 1. The van der Waals surface area contributed by atoms with Gasteiger partial charge in [-0.2, -0.15) is 0 Å². The number of pyridine rings is 1. The number of aryl methyl sites for hydroxylation is 1. The summed E-state index contributed by atoms with van der Waals surface area (Å²) in [5.74, 6) is 0.0382. The molecule has 2 aromatic heterocycles. The van der Waals surface area contributed by atoms with E-state index in [0.717, 1.165) is 16.8 Å². The third-order valence-corrected chi connectivity index (χ3v) is 7.36. The molecular formula is C26H26N2O3S. The molecule has 2 aromatic carbocycles. The molecule has 0 saturated heterocycles. The highest BCUT2D eigenvalue weighted by atomic mass is 32.2. The maximum atomic E-state index is 13.1. The minimum atomic E-state index is -3.60. The van der Waals surface area contributed by atoms with Crippen LogP contribution in [0, 0.1) is 0 Å². The van der Waals surface area contributed by atoms with Crippen molar-refractivity contribution in [3.05, 3.63) is 95.9 Å². The second kappa shape index (κ2) is 8.36. The van der Waals surface area contributed by atoms with Gasteiger partial charge in [-0.05, 0) is 59.4 Å². The van der Waals surface area contributed by atoms with Crippen LogP contribution in [0.1, 0.15) is 48.7 Å². The highest BCUT2D eigenvalue weighted by Crippen LogP contribution is 2.27. The van der Waals surface area contributed by atoms with Crippen molar-refractivity contribution in [3.63, 3.8) is 0 Å². The summed E-state index contributed by atoms with van der Waals surface area (Å²) in [5, 5.41) is 0. The van der Waals surface area contributed by atoms with Gasteiger partial charge >= 0.3 is 0 Å². The van der Waals surface area contributed by atoms with Crippen molar-refractivity contribution in [1.82, 2.24) is 9.38 Å². The van der Waals surface area contributed by atoms with Crippen LogP contribution >= 0.6 is 0 Å². The maximum absolute atomic E-state index is 13.1. The Balaban J connectivity index is 1.47. The molecule has 164 valence electrons. The molecule has 0 atom stereocenters. The third kappa shape index (κ3) is 4.50. The molecular weight excluding hydrogens is 420 g/mol. The Bertz CT molecular complexity index is 1380. The summed E-state index contributed by atoms with van der Waals surface area (Å²) in [4.78, 5) is 17.3. The normalized spacial score (nSPS) is 12.2. The van der Waals surface area contributed by atoms with Crippen molar-refractivity contribution in [2.24, 2.45) is 0 Å². The fourth-order valence-corrected chi connectivity index (χ4v) is 4.89. The lowest BCUT2D eigenvalue weighted by molar-refractivity contribution is 0.0982. The summed E-state index contributed by atoms with van der Waals surface area (Å²) in [6.45, 7) is 6.17. The average molecular weight is 447 g/mol. The summed E-state index contributed by atoms with van der Waals surface area (Å²) >= 11 is 0. The zero-order valence-electron chi connectivity index (χ0n) is 18.4. The molecule has 4 aromatic rings. The number of aromatic nitrogens is 2. The molecule has 0 aliphatic heterocycles. The lowest BCUT2D eigenvalue weighted by Crippen LogP contribution is -2.12. The van der Waals surface area contributed by atoms with Gasteiger partial charge in [0.25, 0.3) is 0 Å². The smallest absolute Gasteiger partial charge is 0.206 e. The Morgan fingerprint density at radius 3 is 2.44 bits per heavy atom. The number of rotatable bonds is 6. The summed E-state index contributed by atoms with van der Waals surface area (Å²) in [6, 6.07) is 17.5. The van der Waals surface area contributed by atoms with Crippen molar-refractivity contribution in [3.8, 4) is 0 Å². The Hall–Kier alpha value is -3.25. The summed E-state index contributed by atoms with van der Waals surface area (Å²) < 4.78 is 28.0. The number of imidazole rings is 1. The molecule has 0 amide bonds. The predicted octanol–water partition coefficient (Wildman–Crippen LogP) is 5.28. The van der Waals surface area contributed by atoms with Gasteiger partial charge in [-0.25, -0.2) is 13.4 Å². The van der Waals surface area contributed by atoms with E-state index in [2.05, 4.69) is 25.8 Å². The predicted molar refractivity (Wildman–Crippen MR) is 125 cm³/mol. The van der Waals surface area contributed by atoms with E-state index in [9.17, 15) is 13.2 Å². The van der Waals surface area contributed by atoms with E-state index in [1.54, 1.807) is 60.9 Å². The summed E-state index contributed by atoms with van der Waals surface area (Å²) in [6.07, 6.45) is 6.17. The van der Waals surface area contributed by atoms with Gasteiger partial charge in [0, 0.05) is 30.6 Å². The maximum Gasteiger partial charge on any atom is 0.206 e.